The number of benzene rings is 2. The molecule has 156 valence electrons. The minimum absolute atomic E-state index is 0.151. The summed E-state index contributed by atoms with van der Waals surface area (Å²) in [7, 11) is 0. The Morgan fingerprint density at radius 2 is 1.84 bits per heavy atom. The van der Waals surface area contributed by atoms with Gasteiger partial charge in [0.1, 0.15) is 16.5 Å². The normalized spacial score (nSPS) is 15.7. The van der Waals surface area contributed by atoms with Gasteiger partial charge in [0.15, 0.2) is 11.6 Å². The highest BCUT2D eigenvalue weighted by Crippen LogP contribution is 2.32. The number of rotatable bonds is 3. The molecule has 1 aliphatic rings. The van der Waals surface area contributed by atoms with Gasteiger partial charge in [-0.25, -0.2) is 9.37 Å². The number of thiazole rings is 1. The Morgan fingerprint density at radius 1 is 1.10 bits per heavy atom. The molecule has 0 aliphatic carbocycles. The van der Waals surface area contributed by atoms with Gasteiger partial charge in [0.2, 0.25) is 0 Å². The van der Waals surface area contributed by atoms with E-state index in [4.69, 9.17) is 16.6 Å². The SMILES string of the molecule is C[C@@H]1c2nnc(-c3csc(-c4ccc(Cl)cc4)n3)n2CCN1C(=O)c1ccc(F)cc1. The summed E-state index contributed by atoms with van der Waals surface area (Å²) >= 11 is 7.51. The maximum Gasteiger partial charge on any atom is 0.254 e. The van der Waals surface area contributed by atoms with Gasteiger partial charge in [-0.3, -0.25) is 4.79 Å². The number of amides is 1. The summed E-state index contributed by atoms with van der Waals surface area (Å²) in [5, 5.41) is 12.2. The second kappa shape index (κ2) is 7.86. The lowest BCUT2D eigenvalue weighted by Gasteiger charge is -2.33. The van der Waals surface area contributed by atoms with Gasteiger partial charge in [-0.05, 0) is 43.3 Å². The second-order valence-corrected chi connectivity index (χ2v) is 8.55. The standard InChI is InChI=1S/C22H17ClFN5OS/c1-13-19-26-27-20(18-12-31-21(25-18)14-2-6-16(23)7-3-14)29(19)11-10-28(13)22(30)15-4-8-17(24)9-5-15/h2-9,12-13H,10-11H2,1H3/t13-/m1/s1. The van der Waals surface area contributed by atoms with Gasteiger partial charge in [-0.15, -0.1) is 21.5 Å². The molecule has 0 fully saturated rings. The van der Waals surface area contributed by atoms with Gasteiger partial charge < -0.3 is 9.47 Å². The van der Waals surface area contributed by atoms with E-state index in [9.17, 15) is 9.18 Å². The van der Waals surface area contributed by atoms with Crippen LogP contribution in [-0.2, 0) is 6.54 Å². The monoisotopic (exact) mass is 453 g/mol. The Balaban J connectivity index is 1.41. The number of carbonyl (C=O) groups excluding carboxylic acids is 1. The van der Waals surface area contributed by atoms with Crippen LogP contribution in [0.4, 0.5) is 4.39 Å². The van der Waals surface area contributed by atoms with Crippen molar-refractivity contribution in [3.05, 3.63) is 76.1 Å². The van der Waals surface area contributed by atoms with Crippen LogP contribution in [0.3, 0.4) is 0 Å². The first kappa shape index (κ1) is 19.8. The van der Waals surface area contributed by atoms with E-state index in [1.54, 1.807) is 4.90 Å². The van der Waals surface area contributed by atoms with Crippen molar-refractivity contribution in [2.45, 2.75) is 19.5 Å². The molecule has 0 N–H and O–H groups in total. The lowest BCUT2D eigenvalue weighted by molar-refractivity contribution is 0.0638. The van der Waals surface area contributed by atoms with Crippen LogP contribution in [0, 0.1) is 5.82 Å². The predicted octanol–water partition coefficient (Wildman–Crippen LogP) is 5.08. The van der Waals surface area contributed by atoms with Crippen LogP contribution in [0.25, 0.3) is 22.1 Å². The van der Waals surface area contributed by atoms with Crippen LogP contribution in [0.2, 0.25) is 5.02 Å². The Hall–Kier alpha value is -3.10. The molecule has 0 bridgehead atoms. The van der Waals surface area contributed by atoms with Gasteiger partial charge >= 0.3 is 0 Å². The number of nitrogens with zero attached hydrogens (tertiary/aromatic N) is 5. The highest BCUT2D eigenvalue weighted by molar-refractivity contribution is 7.13. The van der Waals surface area contributed by atoms with Crippen LogP contribution in [0.15, 0.2) is 53.9 Å². The Bertz CT molecular complexity index is 1250. The predicted molar refractivity (Wildman–Crippen MR) is 117 cm³/mol. The fourth-order valence-corrected chi connectivity index (χ4v) is 4.64. The van der Waals surface area contributed by atoms with Crippen molar-refractivity contribution in [3.63, 3.8) is 0 Å². The van der Waals surface area contributed by atoms with E-state index in [0.29, 0.717) is 35.3 Å². The van der Waals surface area contributed by atoms with Crippen LogP contribution in [0.5, 0.6) is 0 Å². The molecular weight excluding hydrogens is 437 g/mol. The van der Waals surface area contributed by atoms with E-state index in [1.165, 1.54) is 35.6 Å². The second-order valence-electron chi connectivity index (χ2n) is 7.26. The summed E-state index contributed by atoms with van der Waals surface area (Å²) in [6.45, 7) is 2.98. The molecule has 1 atom stereocenters. The molecule has 2 aromatic heterocycles. The zero-order chi connectivity index (χ0) is 21.5. The van der Waals surface area contributed by atoms with Crippen molar-refractivity contribution >= 4 is 28.8 Å². The van der Waals surface area contributed by atoms with Crippen molar-refractivity contribution in [2.75, 3.05) is 6.54 Å². The van der Waals surface area contributed by atoms with Crippen molar-refractivity contribution in [1.82, 2.24) is 24.6 Å². The molecule has 1 amide bonds. The first-order valence-electron chi connectivity index (χ1n) is 9.73. The molecule has 2 aromatic carbocycles. The zero-order valence-corrected chi connectivity index (χ0v) is 18.1. The Morgan fingerprint density at radius 3 is 2.58 bits per heavy atom. The van der Waals surface area contributed by atoms with E-state index in [1.807, 2.05) is 41.1 Å². The first-order valence-corrected chi connectivity index (χ1v) is 11.0. The molecule has 0 saturated heterocycles. The molecule has 1 aliphatic heterocycles. The number of fused-ring (bicyclic) bond motifs is 1. The van der Waals surface area contributed by atoms with Crippen molar-refractivity contribution in [3.8, 4) is 22.1 Å². The van der Waals surface area contributed by atoms with Crippen molar-refractivity contribution < 1.29 is 9.18 Å². The molecular formula is C22H17ClFN5OS. The topological polar surface area (TPSA) is 63.9 Å². The van der Waals surface area contributed by atoms with Gasteiger partial charge in [-0.2, -0.15) is 0 Å². The summed E-state index contributed by atoms with van der Waals surface area (Å²) < 4.78 is 15.2. The third kappa shape index (κ3) is 3.62. The quantitative estimate of drug-likeness (QED) is 0.434. The number of aromatic nitrogens is 4. The summed E-state index contributed by atoms with van der Waals surface area (Å²) in [4.78, 5) is 19.4. The largest absolute Gasteiger partial charge is 0.327 e. The zero-order valence-electron chi connectivity index (χ0n) is 16.5. The molecule has 31 heavy (non-hydrogen) atoms. The average Bonchev–Trinajstić information content (AvgIpc) is 3.42. The number of halogens is 2. The molecule has 0 saturated carbocycles. The van der Waals surface area contributed by atoms with Crippen LogP contribution in [0.1, 0.15) is 29.1 Å². The number of hydrogen-bond acceptors (Lipinski definition) is 5. The molecule has 3 heterocycles. The highest BCUT2D eigenvalue weighted by Gasteiger charge is 2.32. The molecule has 0 spiro atoms. The number of carbonyl (C=O) groups is 1. The number of hydrogen-bond donors (Lipinski definition) is 0. The van der Waals surface area contributed by atoms with E-state index in [-0.39, 0.29) is 17.8 Å². The maximum atomic E-state index is 13.2. The molecule has 5 rings (SSSR count). The third-order valence-corrected chi connectivity index (χ3v) is 6.50. The average molecular weight is 454 g/mol. The molecule has 4 aromatic rings. The highest BCUT2D eigenvalue weighted by atomic mass is 35.5. The van der Waals surface area contributed by atoms with Gasteiger partial charge in [0.05, 0.1) is 6.04 Å². The van der Waals surface area contributed by atoms with Crippen molar-refractivity contribution in [1.29, 1.82) is 0 Å². The lowest BCUT2D eigenvalue weighted by Crippen LogP contribution is -2.41. The van der Waals surface area contributed by atoms with Crippen LogP contribution >= 0.6 is 22.9 Å². The molecule has 6 nitrogen and oxygen atoms in total. The van der Waals surface area contributed by atoms with Crippen LogP contribution < -0.4 is 0 Å². The fourth-order valence-electron chi connectivity index (χ4n) is 3.71. The minimum Gasteiger partial charge on any atom is -0.327 e. The molecule has 0 unspecified atom stereocenters. The molecule has 9 heteroatoms. The Kier molecular flexibility index (Phi) is 5.03. The third-order valence-electron chi connectivity index (χ3n) is 5.36. The summed E-state index contributed by atoms with van der Waals surface area (Å²) in [5.74, 6) is 0.876. The lowest BCUT2D eigenvalue weighted by atomic mass is 10.1. The van der Waals surface area contributed by atoms with Crippen LogP contribution in [-0.4, -0.2) is 37.1 Å². The van der Waals surface area contributed by atoms with Crippen molar-refractivity contribution in [2.24, 2.45) is 0 Å². The van der Waals surface area contributed by atoms with Gasteiger partial charge in [0, 0.05) is 34.6 Å². The summed E-state index contributed by atoms with van der Waals surface area (Å²) in [5.41, 5.74) is 2.19. The van der Waals surface area contributed by atoms with Gasteiger partial charge in [-0.1, -0.05) is 23.7 Å². The van der Waals surface area contributed by atoms with E-state index >= 15 is 0 Å². The first-order chi connectivity index (χ1) is 15.0. The smallest absolute Gasteiger partial charge is 0.254 e. The summed E-state index contributed by atoms with van der Waals surface area (Å²) in [6.07, 6.45) is 0. The minimum atomic E-state index is -0.367. The molecule has 0 radical (unpaired) electrons. The van der Waals surface area contributed by atoms with E-state index in [2.05, 4.69) is 10.2 Å². The van der Waals surface area contributed by atoms with E-state index < -0.39 is 0 Å². The van der Waals surface area contributed by atoms with E-state index in [0.717, 1.165) is 16.3 Å². The van der Waals surface area contributed by atoms with Gasteiger partial charge in [0.25, 0.3) is 5.91 Å². The Labute approximate surface area is 186 Å². The fraction of sp³-hybridized carbons (Fsp3) is 0.182. The maximum absolute atomic E-state index is 13.2. The summed E-state index contributed by atoms with van der Waals surface area (Å²) in [6, 6.07) is 12.9.